The Morgan fingerprint density at radius 3 is 2.56 bits per heavy atom. The summed E-state index contributed by atoms with van der Waals surface area (Å²) in [6, 6.07) is 1.23. The first kappa shape index (κ1) is 17.6. The van der Waals surface area contributed by atoms with Gasteiger partial charge in [-0.1, -0.05) is 0 Å². The molecule has 3 heterocycles. The lowest BCUT2D eigenvalue weighted by atomic mass is 9.93. The van der Waals surface area contributed by atoms with Crippen LogP contribution in [0.1, 0.15) is 37.2 Å². The molecule has 0 aromatic carbocycles. The lowest BCUT2D eigenvalue weighted by molar-refractivity contribution is -0.138. The number of rotatable bonds is 2. The molecule has 2 saturated heterocycles. The molecule has 0 saturated carbocycles. The average Bonchev–Trinajstić information content (AvgIpc) is 2.60. The highest BCUT2D eigenvalue weighted by molar-refractivity contribution is 5.83. The van der Waals surface area contributed by atoms with Crippen molar-refractivity contribution in [1.29, 1.82) is 0 Å². The molecule has 1 aromatic rings. The third-order valence-electron chi connectivity index (χ3n) is 5.02. The molecule has 0 bridgehead atoms. The maximum absolute atomic E-state index is 12.7. The summed E-state index contributed by atoms with van der Waals surface area (Å²) in [6.07, 6.45) is 1.59. The van der Waals surface area contributed by atoms with Crippen molar-refractivity contribution in [3.8, 4) is 0 Å². The number of hydrogen-bond donors (Lipinski definition) is 2. The van der Waals surface area contributed by atoms with Gasteiger partial charge >= 0.3 is 0 Å². The fraction of sp³-hybridized carbons (Fsp3) is 0.647. The van der Waals surface area contributed by atoms with Crippen LogP contribution in [0.25, 0.3) is 0 Å². The molecular formula is C17H25N5O3. The molecule has 2 fully saturated rings. The van der Waals surface area contributed by atoms with Gasteiger partial charge in [0.1, 0.15) is 11.9 Å². The van der Waals surface area contributed by atoms with Crippen molar-refractivity contribution in [2.45, 2.75) is 38.6 Å². The Morgan fingerprint density at radius 1 is 1.20 bits per heavy atom. The van der Waals surface area contributed by atoms with Crippen LogP contribution < -0.4 is 10.9 Å². The summed E-state index contributed by atoms with van der Waals surface area (Å²) in [5.74, 6) is 0.892. The van der Waals surface area contributed by atoms with Crippen molar-refractivity contribution in [2.75, 3.05) is 32.7 Å². The minimum absolute atomic E-state index is 0.00810. The molecule has 1 unspecified atom stereocenters. The summed E-state index contributed by atoms with van der Waals surface area (Å²) in [5, 5.41) is 3.22. The molecule has 8 heteroatoms. The number of nitrogens with zero attached hydrogens (tertiary/aromatic N) is 3. The number of hydrogen-bond acceptors (Lipinski definition) is 5. The van der Waals surface area contributed by atoms with E-state index in [1.165, 1.54) is 6.92 Å². The van der Waals surface area contributed by atoms with Gasteiger partial charge in [0.05, 0.1) is 5.69 Å². The maximum atomic E-state index is 12.7. The number of likely N-dealkylation sites (tertiary alicyclic amines) is 1. The zero-order valence-corrected chi connectivity index (χ0v) is 14.7. The first-order chi connectivity index (χ1) is 11.9. The molecule has 0 spiro atoms. The SMILES string of the molecule is CC(=O)N1CCNC(C(=O)N2CCC(c3cc(=O)[nH]c(C)n3)CC2)C1. The molecule has 3 rings (SSSR count). The van der Waals surface area contributed by atoms with E-state index >= 15 is 0 Å². The first-order valence-corrected chi connectivity index (χ1v) is 8.79. The minimum Gasteiger partial charge on any atom is -0.341 e. The largest absolute Gasteiger partial charge is 0.341 e. The van der Waals surface area contributed by atoms with E-state index in [2.05, 4.69) is 15.3 Å². The van der Waals surface area contributed by atoms with Crippen molar-refractivity contribution in [1.82, 2.24) is 25.1 Å². The number of H-pyrrole nitrogens is 1. The Morgan fingerprint density at radius 2 is 1.92 bits per heavy atom. The van der Waals surface area contributed by atoms with E-state index < -0.39 is 0 Å². The molecule has 25 heavy (non-hydrogen) atoms. The number of carbonyl (C=O) groups excluding carboxylic acids is 2. The van der Waals surface area contributed by atoms with E-state index in [1.807, 2.05) is 4.90 Å². The van der Waals surface area contributed by atoms with Gasteiger partial charge in [-0.3, -0.25) is 14.4 Å². The van der Waals surface area contributed by atoms with Crippen molar-refractivity contribution < 1.29 is 9.59 Å². The standard InChI is InChI=1S/C17H25N5O3/c1-11-19-14(9-16(24)20-11)13-3-6-21(7-4-13)17(25)15-10-22(12(2)23)8-5-18-15/h9,13,15,18H,3-8,10H2,1-2H3,(H,19,20,24). The van der Waals surface area contributed by atoms with Crippen molar-refractivity contribution in [3.05, 3.63) is 27.9 Å². The fourth-order valence-corrected chi connectivity index (χ4v) is 3.63. The summed E-state index contributed by atoms with van der Waals surface area (Å²) < 4.78 is 0. The number of nitrogens with one attached hydrogen (secondary N) is 2. The number of carbonyl (C=O) groups is 2. The van der Waals surface area contributed by atoms with E-state index in [9.17, 15) is 14.4 Å². The van der Waals surface area contributed by atoms with Gasteiger partial charge in [0.25, 0.3) is 5.56 Å². The van der Waals surface area contributed by atoms with Crippen LogP contribution in [0.3, 0.4) is 0 Å². The van der Waals surface area contributed by atoms with Gasteiger partial charge in [-0.15, -0.1) is 0 Å². The van der Waals surface area contributed by atoms with E-state index in [0.717, 1.165) is 18.5 Å². The average molecular weight is 347 g/mol. The predicted octanol–water partition coefficient (Wildman–Crippen LogP) is -0.395. The second-order valence-electron chi connectivity index (χ2n) is 6.83. The van der Waals surface area contributed by atoms with E-state index in [0.29, 0.717) is 38.5 Å². The fourth-order valence-electron chi connectivity index (χ4n) is 3.63. The highest BCUT2D eigenvalue weighted by atomic mass is 16.2. The lowest BCUT2D eigenvalue weighted by Gasteiger charge is -2.38. The van der Waals surface area contributed by atoms with Gasteiger partial charge in [-0.25, -0.2) is 4.98 Å². The number of amides is 2. The first-order valence-electron chi connectivity index (χ1n) is 8.79. The van der Waals surface area contributed by atoms with Crippen LogP contribution in [0.15, 0.2) is 10.9 Å². The highest BCUT2D eigenvalue weighted by Gasteiger charge is 2.32. The van der Waals surface area contributed by atoms with Gasteiger partial charge in [-0.2, -0.15) is 0 Å². The van der Waals surface area contributed by atoms with Crippen molar-refractivity contribution in [2.24, 2.45) is 0 Å². The van der Waals surface area contributed by atoms with Crippen LogP contribution in [0.4, 0.5) is 0 Å². The molecule has 1 aromatic heterocycles. The lowest BCUT2D eigenvalue weighted by Crippen LogP contribution is -2.59. The van der Waals surface area contributed by atoms with Crippen LogP contribution in [-0.2, 0) is 9.59 Å². The Bertz CT molecular complexity index is 708. The van der Waals surface area contributed by atoms with Crippen molar-refractivity contribution in [3.63, 3.8) is 0 Å². The molecule has 0 radical (unpaired) electrons. The van der Waals surface area contributed by atoms with Gasteiger partial charge < -0.3 is 20.1 Å². The maximum Gasteiger partial charge on any atom is 0.251 e. The zero-order valence-electron chi connectivity index (χ0n) is 14.7. The summed E-state index contributed by atoms with van der Waals surface area (Å²) in [4.78, 5) is 46.6. The zero-order chi connectivity index (χ0) is 18.0. The third kappa shape index (κ3) is 4.07. The van der Waals surface area contributed by atoms with Gasteiger partial charge in [0.15, 0.2) is 0 Å². The highest BCUT2D eigenvalue weighted by Crippen LogP contribution is 2.26. The quantitative estimate of drug-likeness (QED) is 0.759. The normalized spacial score (nSPS) is 22.1. The monoisotopic (exact) mass is 347 g/mol. The molecule has 0 aliphatic carbocycles. The molecule has 2 N–H and O–H groups in total. The van der Waals surface area contributed by atoms with Crippen LogP contribution in [-0.4, -0.2) is 70.3 Å². The van der Waals surface area contributed by atoms with Crippen molar-refractivity contribution >= 4 is 11.8 Å². The molecule has 2 aliphatic heterocycles. The molecule has 1 atom stereocenters. The second-order valence-corrected chi connectivity index (χ2v) is 6.83. The number of aryl methyl sites for hydroxylation is 1. The Labute approximate surface area is 146 Å². The van der Waals surface area contributed by atoms with Gasteiger partial charge in [0, 0.05) is 51.6 Å². The molecule has 136 valence electrons. The molecule has 8 nitrogen and oxygen atoms in total. The number of aromatic nitrogens is 2. The van der Waals surface area contributed by atoms with Crippen LogP contribution in [0, 0.1) is 6.92 Å². The molecule has 2 amide bonds. The summed E-state index contributed by atoms with van der Waals surface area (Å²) in [6.45, 7) is 6.33. The Balaban J connectivity index is 1.59. The Hall–Kier alpha value is -2.22. The smallest absolute Gasteiger partial charge is 0.251 e. The molecule has 2 aliphatic rings. The van der Waals surface area contributed by atoms with E-state index in [1.54, 1.807) is 17.9 Å². The van der Waals surface area contributed by atoms with Gasteiger partial charge in [0.2, 0.25) is 11.8 Å². The van der Waals surface area contributed by atoms with Crippen LogP contribution in [0.2, 0.25) is 0 Å². The van der Waals surface area contributed by atoms with E-state index in [-0.39, 0.29) is 29.3 Å². The van der Waals surface area contributed by atoms with Gasteiger partial charge in [-0.05, 0) is 19.8 Å². The number of aromatic amines is 1. The van der Waals surface area contributed by atoms with Crippen LogP contribution in [0.5, 0.6) is 0 Å². The topological polar surface area (TPSA) is 98.4 Å². The minimum atomic E-state index is -0.325. The predicted molar refractivity (Wildman–Crippen MR) is 92.2 cm³/mol. The Kier molecular flexibility index (Phi) is 5.17. The number of piperazine rings is 1. The summed E-state index contributed by atoms with van der Waals surface area (Å²) >= 11 is 0. The number of piperidine rings is 1. The van der Waals surface area contributed by atoms with E-state index in [4.69, 9.17) is 0 Å². The van der Waals surface area contributed by atoms with Crippen LogP contribution >= 0.6 is 0 Å². The summed E-state index contributed by atoms with van der Waals surface area (Å²) in [5.41, 5.74) is 0.684. The molecular weight excluding hydrogens is 322 g/mol. The summed E-state index contributed by atoms with van der Waals surface area (Å²) in [7, 11) is 0. The second kappa shape index (κ2) is 7.35. The third-order valence-corrected chi connectivity index (χ3v) is 5.02.